The summed E-state index contributed by atoms with van der Waals surface area (Å²) < 4.78 is 6.95. The number of nitrogens with one attached hydrogen (secondary N) is 1. The normalized spacial score (nSPS) is 16.4. The predicted molar refractivity (Wildman–Crippen MR) is 109 cm³/mol. The maximum Gasteiger partial charge on any atom is 0.270 e. The van der Waals surface area contributed by atoms with Crippen LogP contribution in [0.1, 0.15) is 21.3 Å². The van der Waals surface area contributed by atoms with Gasteiger partial charge >= 0.3 is 0 Å². The molecule has 4 heterocycles. The van der Waals surface area contributed by atoms with Crippen LogP contribution < -0.4 is 10.2 Å². The lowest BCUT2D eigenvalue weighted by Crippen LogP contribution is -2.44. The van der Waals surface area contributed by atoms with Crippen molar-refractivity contribution in [1.29, 1.82) is 0 Å². The molecule has 2 amide bonds. The van der Waals surface area contributed by atoms with Gasteiger partial charge in [0.1, 0.15) is 11.1 Å². The smallest absolute Gasteiger partial charge is 0.270 e. The van der Waals surface area contributed by atoms with Crippen molar-refractivity contribution in [2.45, 2.75) is 5.37 Å². The number of carbonyl (C=O) groups is 2. The number of hydrazine groups is 1. The third kappa shape index (κ3) is 2.99. The highest BCUT2D eigenvalue weighted by Crippen LogP contribution is 2.40. The Balaban J connectivity index is 1.58. The number of benzene rings is 1. The molecule has 1 atom stereocenters. The predicted octanol–water partition coefficient (Wildman–Crippen LogP) is 1.60. The number of tetrazole rings is 1. The molecule has 0 spiro atoms. The van der Waals surface area contributed by atoms with Crippen molar-refractivity contribution >= 4 is 40.1 Å². The Morgan fingerprint density at radius 2 is 2.07 bits per heavy atom. The highest BCUT2D eigenvalue weighted by Gasteiger charge is 2.36. The minimum Gasteiger partial charge on any atom is -0.497 e. The van der Waals surface area contributed by atoms with Crippen molar-refractivity contribution < 1.29 is 14.3 Å². The van der Waals surface area contributed by atoms with Gasteiger partial charge in [-0.1, -0.05) is 0 Å². The lowest BCUT2D eigenvalue weighted by molar-refractivity contribution is -0.130. The molecule has 0 radical (unpaired) electrons. The lowest BCUT2D eigenvalue weighted by Gasteiger charge is -2.25. The molecule has 0 aliphatic carbocycles. The summed E-state index contributed by atoms with van der Waals surface area (Å²) in [5.41, 5.74) is 5.16. The third-order valence-electron chi connectivity index (χ3n) is 4.80. The standard InChI is InChI=1S/C19H15N7O3S/c1-29-13-2-3-15-12(8-13)9-14(17-21-23-24-25(15)17)19-26(16(27)10-30-19)22-18(28)11-4-6-20-7-5-11/h2-9,19H,10H2,1H3,(H,22,28). The van der Waals surface area contributed by atoms with Gasteiger partial charge in [-0.25, -0.2) is 5.01 Å². The first-order chi connectivity index (χ1) is 14.7. The molecule has 4 aromatic rings. The summed E-state index contributed by atoms with van der Waals surface area (Å²) >= 11 is 1.39. The number of aromatic nitrogens is 5. The number of ether oxygens (including phenoxy) is 1. The molecule has 0 saturated carbocycles. The molecule has 5 rings (SSSR count). The van der Waals surface area contributed by atoms with E-state index in [1.165, 1.54) is 29.2 Å². The van der Waals surface area contributed by atoms with Crippen LogP contribution in [0.4, 0.5) is 0 Å². The third-order valence-corrected chi connectivity index (χ3v) is 5.99. The lowest BCUT2D eigenvalue weighted by atomic mass is 10.1. The van der Waals surface area contributed by atoms with Crippen LogP contribution >= 0.6 is 11.8 Å². The number of rotatable bonds is 4. The van der Waals surface area contributed by atoms with Crippen LogP contribution in [0.5, 0.6) is 5.75 Å². The van der Waals surface area contributed by atoms with Crippen molar-refractivity contribution in [3.05, 3.63) is 59.9 Å². The molecule has 1 fully saturated rings. The van der Waals surface area contributed by atoms with Gasteiger partial charge in [-0.05, 0) is 46.8 Å². The summed E-state index contributed by atoms with van der Waals surface area (Å²) in [5.74, 6) is 0.324. The molecule has 11 heteroatoms. The maximum absolute atomic E-state index is 12.6. The van der Waals surface area contributed by atoms with E-state index in [1.54, 1.807) is 23.8 Å². The molecule has 0 bridgehead atoms. The minimum atomic E-state index is -0.479. The molecule has 1 aliphatic heterocycles. The van der Waals surface area contributed by atoms with Gasteiger partial charge in [0.05, 0.1) is 18.4 Å². The average molecular weight is 421 g/mol. The summed E-state index contributed by atoms with van der Waals surface area (Å²) in [4.78, 5) is 29.1. The first kappa shape index (κ1) is 18.3. The van der Waals surface area contributed by atoms with Gasteiger partial charge in [-0.15, -0.1) is 16.9 Å². The van der Waals surface area contributed by atoms with Gasteiger partial charge in [0.2, 0.25) is 0 Å². The number of carbonyl (C=O) groups excluding carboxylic acids is 2. The number of thioether (sulfide) groups is 1. The van der Waals surface area contributed by atoms with E-state index in [0.29, 0.717) is 22.5 Å². The largest absolute Gasteiger partial charge is 0.497 e. The Hall–Kier alpha value is -3.73. The van der Waals surface area contributed by atoms with E-state index in [4.69, 9.17) is 4.74 Å². The molecule has 1 aliphatic rings. The molecule has 1 N–H and O–H groups in total. The van der Waals surface area contributed by atoms with Crippen LogP contribution in [0.2, 0.25) is 0 Å². The van der Waals surface area contributed by atoms with Crippen molar-refractivity contribution in [3.8, 4) is 5.75 Å². The zero-order chi connectivity index (χ0) is 20.7. The SMILES string of the molecule is COc1ccc2c(c1)cc(C1SCC(=O)N1NC(=O)c1ccncc1)c1nnnn12. The van der Waals surface area contributed by atoms with Gasteiger partial charge in [0.25, 0.3) is 11.8 Å². The average Bonchev–Trinajstić information content (AvgIpc) is 3.41. The zero-order valence-corrected chi connectivity index (χ0v) is 16.5. The first-order valence-corrected chi connectivity index (χ1v) is 10.0. The maximum atomic E-state index is 12.6. The highest BCUT2D eigenvalue weighted by molar-refractivity contribution is 8.00. The monoisotopic (exact) mass is 421 g/mol. The summed E-state index contributed by atoms with van der Waals surface area (Å²) in [6, 6.07) is 10.7. The Labute approximate surface area is 174 Å². The molecule has 1 aromatic carbocycles. The van der Waals surface area contributed by atoms with E-state index in [1.807, 2.05) is 24.3 Å². The van der Waals surface area contributed by atoms with E-state index in [9.17, 15) is 9.59 Å². The summed E-state index contributed by atoms with van der Waals surface area (Å²) in [7, 11) is 1.60. The van der Waals surface area contributed by atoms with Crippen LogP contribution in [-0.2, 0) is 4.79 Å². The van der Waals surface area contributed by atoms with Crippen LogP contribution in [-0.4, -0.2) is 54.7 Å². The van der Waals surface area contributed by atoms with Gasteiger partial charge in [0, 0.05) is 28.9 Å². The fourth-order valence-corrected chi connectivity index (χ4v) is 4.48. The fraction of sp³-hybridized carbons (Fsp3) is 0.158. The number of nitrogens with zero attached hydrogens (tertiary/aromatic N) is 6. The van der Waals surface area contributed by atoms with Gasteiger partial charge in [-0.2, -0.15) is 4.52 Å². The fourth-order valence-electron chi connectivity index (χ4n) is 3.36. The van der Waals surface area contributed by atoms with E-state index in [0.717, 1.165) is 10.9 Å². The van der Waals surface area contributed by atoms with Crippen molar-refractivity contribution in [2.75, 3.05) is 12.9 Å². The number of methoxy groups -OCH3 is 1. The number of pyridine rings is 2. The molecular formula is C19H15N7O3S. The second kappa shape index (κ2) is 7.26. The molecular weight excluding hydrogens is 406 g/mol. The molecule has 3 aromatic heterocycles. The molecule has 30 heavy (non-hydrogen) atoms. The molecule has 10 nitrogen and oxygen atoms in total. The minimum absolute atomic E-state index is 0.205. The van der Waals surface area contributed by atoms with Crippen molar-refractivity contribution in [3.63, 3.8) is 0 Å². The Kier molecular flexibility index (Phi) is 4.43. The molecule has 1 saturated heterocycles. The molecule has 150 valence electrons. The quantitative estimate of drug-likeness (QED) is 0.528. The second-order valence-corrected chi connectivity index (χ2v) is 7.61. The van der Waals surface area contributed by atoms with E-state index in [2.05, 4.69) is 25.9 Å². The number of amides is 2. The van der Waals surface area contributed by atoms with Crippen LogP contribution in [0, 0.1) is 0 Å². The van der Waals surface area contributed by atoms with E-state index in [-0.39, 0.29) is 11.7 Å². The first-order valence-electron chi connectivity index (χ1n) is 8.99. The van der Waals surface area contributed by atoms with E-state index >= 15 is 0 Å². The van der Waals surface area contributed by atoms with Gasteiger partial charge in [0.15, 0.2) is 5.65 Å². The van der Waals surface area contributed by atoms with Crippen molar-refractivity contribution in [2.24, 2.45) is 0 Å². The highest BCUT2D eigenvalue weighted by atomic mass is 32.2. The number of fused-ring (bicyclic) bond motifs is 3. The summed E-state index contributed by atoms with van der Waals surface area (Å²) in [6.45, 7) is 0. The van der Waals surface area contributed by atoms with Crippen LogP contribution in [0.15, 0.2) is 48.8 Å². The topological polar surface area (TPSA) is 115 Å². The van der Waals surface area contributed by atoms with Crippen LogP contribution in [0.25, 0.3) is 16.6 Å². The van der Waals surface area contributed by atoms with Gasteiger partial charge in [-0.3, -0.25) is 20.0 Å². The van der Waals surface area contributed by atoms with Gasteiger partial charge < -0.3 is 4.74 Å². The van der Waals surface area contributed by atoms with Crippen molar-refractivity contribution in [1.82, 2.24) is 35.5 Å². The Morgan fingerprint density at radius 3 is 2.87 bits per heavy atom. The zero-order valence-electron chi connectivity index (χ0n) is 15.7. The molecule has 1 unspecified atom stereocenters. The Bertz CT molecular complexity index is 1280. The Morgan fingerprint density at radius 1 is 1.23 bits per heavy atom. The van der Waals surface area contributed by atoms with Crippen LogP contribution in [0.3, 0.4) is 0 Å². The summed E-state index contributed by atoms with van der Waals surface area (Å²) in [6.07, 6.45) is 3.05. The number of hydrogen-bond donors (Lipinski definition) is 1. The van der Waals surface area contributed by atoms with E-state index < -0.39 is 11.3 Å². The summed E-state index contributed by atoms with van der Waals surface area (Å²) in [5, 5.41) is 13.8. The second-order valence-electron chi connectivity index (χ2n) is 6.54. The number of hydrogen-bond acceptors (Lipinski definition) is 8.